The van der Waals surface area contributed by atoms with Gasteiger partial charge in [0.25, 0.3) is 0 Å². The predicted molar refractivity (Wildman–Crippen MR) is 248 cm³/mol. The van der Waals surface area contributed by atoms with Crippen LogP contribution in [0.4, 0.5) is 28.4 Å². The molecule has 0 saturated heterocycles. The average molecular weight is 753 g/mol. The lowest BCUT2D eigenvalue weighted by Crippen LogP contribution is -2.30. The van der Waals surface area contributed by atoms with Crippen LogP contribution in [0.3, 0.4) is 0 Å². The van der Waals surface area contributed by atoms with Gasteiger partial charge in [0.15, 0.2) is 0 Å². The molecule has 2 nitrogen and oxygen atoms in total. The molecule has 1 atom stereocenters. The van der Waals surface area contributed by atoms with Gasteiger partial charge < -0.3 is 9.80 Å². The average Bonchev–Trinajstić information content (AvgIpc) is 3.45. The van der Waals surface area contributed by atoms with E-state index in [4.69, 9.17) is 0 Å². The molecular formula is C56H52N2. The van der Waals surface area contributed by atoms with Crippen molar-refractivity contribution in [2.45, 2.75) is 78.7 Å². The van der Waals surface area contributed by atoms with Crippen molar-refractivity contribution in [3.63, 3.8) is 0 Å². The van der Waals surface area contributed by atoms with Crippen LogP contribution in [0.5, 0.6) is 0 Å². The van der Waals surface area contributed by atoms with Crippen LogP contribution in [0, 0.1) is 20.8 Å². The van der Waals surface area contributed by atoms with E-state index in [2.05, 4.69) is 217 Å². The topological polar surface area (TPSA) is 6.48 Å². The summed E-state index contributed by atoms with van der Waals surface area (Å²) in [7, 11) is 0. The van der Waals surface area contributed by atoms with Crippen LogP contribution in [-0.4, -0.2) is 6.04 Å². The minimum absolute atomic E-state index is 0.194. The van der Waals surface area contributed by atoms with Gasteiger partial charge in [0.05, 0.1) is 6.04 Å². The van der Waals surface area contributed by atoms with Crippen molar-refractivity contribution >= 4 is 39.2 Å². The number of hydrogen-bond donors (Lipinski definition) is 0. The molecule has 1 unspecified atom stereocenters. The van der Waals surface area contributed by atoms with Crippen LogP contribution >= 0.6 is 0 Å². The molecule has 7 aromatic rings. The van der Waals surface area contributed by atoms with E-state index in [9.17, 15) is 0 Å². The molecule has 0 saturated carbocycles. The highest BCUT2D eigenvalue weighted by atomic mass is 15.2. The molecule has 0 N–H and O–H groups in total. The summed E-state index contributed by atoms with van der Waals surface area (Å²) in [4.78, 5) is 4.95. The number of hydrogen-bond acceptors (Lipinski definition) is 2. The van der Waals surface area contributed by atoms with Crippen molar-refractivity contribution in [2.24, 2.45) is 0 Å². The van der Waals surface area contributed by atoms with Gasteiger partial charge in [-0.25, -0.2) is 0 Å². The van der Waals surface area contributed by atoms with Crippen molar-refractivity contribution in [1.29, 1.82) is 0 Å². The van der Waals surface area contributed by atoms with Gasteiger partial charge >= 0.3 is 0 Å². The van der Waals surface area contributed by atoms with E-state index in [1.807, 2.05) is 0 Å². The molecule has 286 valence electrons. The van der Waals surface area contributed by atoms with E-state index in [1.54, 1.807) is 0 Å². The Morgan fingerprint density at radius 2 is 1.02 bits per heavy atom. The number of fused-ring (bicyclic) bond motifs is 6. The lowest BCUT2D eigenvalue weighted by atomic mass is 9.67. The van der Waals surface area contributed by atoms with Crippen LogP contribution in [-0.2, 0) is 10.8 Å². The van der Waals surface area contributed by atoms with Crippen LogP contribution < -0.4 is 9.80 Å². The zero-order chi connectivity index (χ0) is 40.1. The summed E-state index contributed by atoms with van der Waals surface area (Å²) in [5.41, 5.74) is 21.7. The van der Waals surface area contributed by atoms with E-state index in [0.717, 1.165) is 17.8 Å². The van der Waals surface area contributed by atoms with Gasteiger partial charge in [-0.05, 0) is 156 Å². The standard InChI is InChI=1S/C56H52N2/c1-35-12-20-39(21-13-35)57(40-22-14-36(2)15-23-40)43-28-30-45-48-34-52-53(47-10-9-11-49(54(47)48)55(5,6)50(45)32-43)46-31-29-44(33-51(46)56(52,7)8)58(41-24-16-37(3)17-25-41)42-26-18-38(4)19-27-42/h9-26,28-34,42H,27H2,1-8H3. The number of benzene rings is 7. The number of aryl methyl sites for hydroxylation is 3. The third-order valence-electron chi connectivity index (χ3n) is 13.4. The van der Waals surface area contributed by atoms with E-state index in [-0.39, 0.29) is 16.9 Å². The predicted octanol–water partition coefficient (Wildman–Crippen LogP) is 15.3. The summed E-state index contributed by atoms with van der Waals surface area (Å²) in [6.07, 6.45) is 8.01. The van der Waals surface area contributed by atoms with Crippen LogP contribution in [0.2, 0.25) is 0 Å². The van der Waals surface area contributed by atoms with Crippen LogP contribution in [0.1, 0.15) is 80.0 Å². The highest BCUT2D eigenvalue weighted by Crippen LogP contribution is 2.58. The number of allylic oxidation sites excluding steroid dienone is 2. The number of nitrogens with zero attached hydrogens (tertiary/aromatic N) is 2. The lowest BCUT2D eigenvalue weighted by Gasteiger charge is -2.37. The fourth-order valence-corrected chi connectivity index (χ4v) is 10.1. The zero-order valence-corrected chi connectivity index (χ0v) is 35.1. The molecule has 2 heteroatoms. The largest absolute Gasteiger partial charge is 0.334 e. The molecular weight excluding hydrogens is 701 g/mol. The van der Waals surface area contributed by atoms with E-state index >= 15 is 0 Å². The Bertz CT molecular complexity index is 2790. The molecule has 0 spiro atoms. The molecule has 7 aromatic carbocycles. The second-order valence-electron chi connectivity index (χ2n) is 18.1. The number of anilines is 5. The van der Waals surface area contributed by atoms with Crippen molar-refractivity contribution in [3.05, 3.63) is 196 Å². The summed E-state index contributed by atoms with van der Waals surface area (Å²) >= 11 is 0. The third kappa shape index (κ3) is 5.60. The fourth-order valence-electron chi connectivity index (χ4n) is 10.1. The Morgan fingerprint density at radius 1 is 0.483 bits per heavy atom. The molecule has 0 heterocycles. The molecule has 58 heavy (non-hydrogen) atoms. The van der Waals surface area contributed by atoms with Crippen LogP contribution in [0.25, 0.3) is 33.0 Å². The second kappa shape index (κ2) is 13.2. The molecule has 0 radical (unpaired) electrons. The Balaban J connectivity index is 1.13. The SMILES string of the molecule is CC1=CCC(N(c2ccc(C)cc2)c2ccc3c(c2)C(C)(C)c2cc4c5c(cccc5c2-3)C(C)(C)c2cc(N(c3ccc(C)cc3)c3ccc(C)cc3)ccc2-4)C=C1. The third-order valence-corrected chi connectivity index (χ3v) is 13.4. The first kappa shape index (κ1) is 36.2. The monoisotopic (exact) mass is 752 g/mol. The second-order valence-corrected chi connectivity index (χ2v) is 18.1. The van der Waals surface area contributed by atoms with Gasteiger partial charge in [0, 0.05) is 39.3 Å². The number of rotatable bonds is 6. The zero-order valence-electron chi connectivity index (χ0n) is 35.1. The molecule has 10 rings (SSSR count). The molecule has 0 amide bonds. The Morgan fingerprint density at radius 3 is 1.64 bits per heavy atom. The van der Waals surface area contributed by atoms with Gasteiger partial charge in [-0.2, -0.15) is 0 Å². The van der Waals surface area contributed by atoms with Crippen molar-refractivity contribution < 1.29 is 0 Å². The molecule has 3 aliphatic carbocycles. The van der Waals surface area contributed by atoms with E-state index in [0.29, 0.717) is 0 Å². The maximum absolute atomic E-state index is 2.56. The molecule has 0 aromatic heterocycles. The summed E-state index contributed by atoms with van der Waals surface area (Å²) in [6, 6.07) is 51.2. The summed E-state index contributed by atoms with van der Waals surface area (Å²) < 4.78 is 0. The quantitative estimate of drug-likeness (QED) is 0.167. The van der Waals surface area contributed by atoms with E-state index in [1.165, 1.54) is 94.6 Å². The van der Waals surface area contributed by atoms with Gasteiger partial charge in [0.1, 0.15) is 0 Å². The highest BCUT2D eigenvalue weighted by Gasteiger charge is 2.41. The first-order valence-corrected chi connectivity index (χ1v) is 20.9. The first-order chi connectivity index (χ1) is 27.9. The summed E-state index contributed by atoms with van der Waals surface area (Å²) in [5.74, 6) is 0. The van der Waals surface area contributed by atoms with Gasteiger partial charge in [-0.3, -0.25) is 0 Å². The lowest BCUT2D eigenvalue weighted by molar-refractivity contribution is 0.644. The Labute approximate surface area is 344 Å². The summed E-state index contributed by atoms with van der Waals surface area (Å²) in [5, 5.41) is 2.75. The molecule has 0 bridgehead atoms. The molecule has 3 aliphatic rings. The van der Waals surface area contributed by atoms with Gasteiger partial charge in [-0.15, -0.1) is 0 Å². The van der Waals surface area contributed by atoms with E-state index < -0.39 is 0 Å². The first-order valence-electron chi connectivity index (χ1n) is 20.9. The van der Waals surface area contributed by atoms with Crippen molar-refractivity contribution in [3.8, 4) is 22.3 Å². The normalized spacial score (nSPS) is 16.7. The smallest absolute Gasteiger partial charge is 0.0560 e. The van der Waals surface area contributed by atoms with Gasteiger partial charge in [-0.1, -0.05) is 135 Å². The fraction of sp³-hybridized carbons (Fsp3) is 0.214. The molecule has 0 fully saturated rings. The Hall–Kier alpha value is -6.12. The van der Waals surface area contributed by atoms with Crippen LogP contribution in [0.15, 0.2) is 157 Å². The maximum atomic E-state index is 2.56. The van der Waals surface area contributed by atoms with Gasteiger partial charge in [0.2, 0.25) is 0 Å². The Kier molecular flexibility index (Phi) is 8.26. The molecule has 0 aliphatic heterocycles. The van der Waals surface area contributed by atoms with Crippen molar-refractivity contribution in [2.75, 3.05) is 9.80 Å². The minimum atomic E-state index is -0.214. The summed E-state index contributed by atoms with van der Waals surface area (Å²) in [6.45, 7) is 18.4. The highest BCUT2D eigenvalue weighted by molar-refractivity contribution is 6.12. The minimum Gasteiger partial charge on any atom is -0.334 e. The van der Waals surface area contributed by atoms with Crippen molar-refractivity contribution in [1.82, 2.24) is 0 Å². The maximum Gasteiger partial charge on any atom is 0.0560 e.